The van der Waals surface area contributed by atoms with Crippen LogP contribution in [0.5, 0.6) is 0 Å². The van der Waals surface area contributed by atoms with Gasteiger partial charge in [-0.2, -0.15) is 5.10 Å². The molecular weight excluding hydrogens is 258 g/mol. The van der Waals surface area contributed by atoms with Gasteiger partial charge in [-0.25, -0.2) is 8.42 Å². The summed E-state index contributed by atoms with van der Waals surface area (Å²) >= 11 is 5.02. The minimum atomic E-state index is -3.14. The number of rotatable bonds is 3. The Balaban J connectivity index is 2.26. The topological polar surface area (TPSA) is 67.8 Å². The number of sulfone groups is 1. The molecule has 1 aromatic carbocycles. The predicted molar refractivity (Wildman–Crippen MR) is 66.1 cm³/mol. The van der Waals surface area contributed by atoms with Crippen LogP contribution in [-0.2, 0) is 16.4 Å². The van der Waals surface area contributed by atoms with Gasteiger partial charge in [-0.3, -0.25) is 5.10 Å². The standard InChI is InChI=1S/C10H11N3O2S2/c1-17(14,15)9-4-2-8(3-5-9)6-13-7-11-12-10(13)16/h2-5,7H,6H2,1H3,(H,12,16). The zero-order chi connectivity index (χ0) is 12.5. The summed E-state index contributed by atoms with van der Waals surface area (Å²) in [6.45, 7) is 0.569. The van der Waals surface area contributed by atoms with Crippen LogP contribution in [0.4, 0.5) is 0 Å². The first kappa shape index (κ1) is 12.0. The van der Waals surface area contributed by atoms with Crippen LogP contribution >= 0.6 is 12.2 Å². The Morgan fingerprint density at radius 3 is 2.47 bits per heavy atom. The van der Waals surface area contributed by atoms with Crippen LogP contribution in [0.3, 0.4) is 0 Å². The number of H-pyrrole nitrogens is 1. The van der Waals surface area contributed by atoms with Gasteiger partial charge in [0.15, 0.2) is 14.6 Å². The second-order valence-electron chi connectivity index (χ2n) is 3.71. The van der Waals surface area contributed by atoms with Crippen LogP contribution in [0.1, 0.15) is 5.56 Å². The summed E-state index contributed by atoms with van der Waals surface area (Å²) in [6.07, 6.45) is 2.79. The van der Waals surface area contributed by atoms with E-state index in [1.165, 1.54) is 6.26 Å². The maximum atomic E-state index is 11.3. The molecule has 0 bridgehead atoms. The summed E-state index contributed by atoms with van der Waals surface area (Å²) in [4.78, 5) is 0.317. The fourth-order valence-corrected chi connectivity index (χ4v) is 2.22. The van der Waals surface area contributed by atoms with Crippen molar-refractivity contribution in [2.24, 2.45) is 0 Å². The zero-order valence-corrected chi connectivity index (χ0v) is 10.8. The molecule has 0 aliphatic rings. The molecule has 0 saturated carbocycles. The van der Waals surface area contributed by atoms with Gasteiger partial charge in [0, 0.05) is 6.26 Å². The molecular formula is C10H11N3O2S2. The van der Waals surface area contributed by atoms with Crippen molar-refractivity contribution in [3.8, 4) is 0 Å². The van der Waals surface area contributed by atoms with Crippen LogP contribution < -0.4 is 0 Å². The largest absolute Gasteiger partial charge is 0.302 e. The highest BCUT2D eigenvalue weighted by Crippen LogP contribution is 2.11. The highest BCUT2D eigenvalue weighted by Gasteiger charge is 2.06. The van der Waals surface area contributed by atoms with E-state index in [-0.39, 0.29) is 0 Å². The third-order valence-electron chi connectivity index (χ3n) is 2.32. The van der Waals surface area contributed by atoms with Gasteiger partial charge in [0.2, 0.25) is 0 Å². The van der Waals surface area contributed by atoms with Crippen molar-refractivity contribution < 1.29 is 8.42 Å². The number of nitrogens with zero attached hydrogens (tertiary/aromatic N) is 2. The van der Waals surface area contributed by atoms with Crippen LogP contribution in [0.2, 0.25) is 0 Å². The first-order valence-corrected chi connectivity index (χ1v) is 7.15. The molecule has 2 aromatic rings. The van der Waals surface area contributed by atoms with Gasteiger partial charge in [0.25, 0.3) is 0 Å². The molecule has 17 heavy (non-hydrogen) atoms. The minimum Gasteiger partial charge on any atom is -0.302 e. The molecule has 1 aromatic heterocycles. The lowest BCUT2D eigenvalue weighted by Crippen LogP contribution is -2.00. The average Bonchev–Trinajstić information content (AvgIpc) is 2.64. The van der Waals surface area contributed by atoms with Gasteiger partial charge < -0.3 is 4.57 Å². The molecule has 7 heteroatoms. The first-order valence-electron chi connectivity index (χ1n) is 4.85. The van der Waals surface area contributed by atoms with E-state index in [1.54, 1.807) is 35.2 Å². The zero-order valence-electron chi connectivity index (χ0n) is 9.12. The van der Waals surface area contributed by atoms with E-state index in [1.807, 2.05) is 0 Å². The van der Waals surface area contributed by atoms with Crippen LogP contribution in [0.25, 0.3) is 0 Å². The van der Waals surface area contributed by atoms with E-state index in [2.05, 4.69) is 10.2 Å². The number of benzene rings is 1. The lowest BCUT2D eigenvalue weighted by atomic mass is 10.2. The molecule has 0 spiro atoms. The van der Waals surface area contributed by atoms with Gasteiger partial charge in [-0.05, 0) is 29.9 Å². The Labute approximate surface area is 104 Å². The monoisotopic (exact) mass is 269 g/mol. The molecule has 5 nitrogen and oxygen atoms in total. The molecule has 0 fully saturated rings. The van der Waals surface area contributed by atoms with Crippen LogP contribution in [0, 0.1) is 4.77 Å². The SMILES string of the molecule is CS(=O)(=O)c1ccc(Cn2cn[nH]c2=S)cc1. The summed E-state index contributed by atoms with van der Waals surface area (Å²) in [5, 5.41) is 6.47. The number of nitrogens with one attached hydrogen (secondary N) is 1. The number of aromatic nitrogens is 3. The third-order valence-corrected chi connectivity index (χ3v) is 3.78. The van der Waals surface area contributed by atoms with E-state index >= 15 is 0 Å². The average molecular weight is 269 g/mol. The maximum absolute atomic E-state index is 11.3. The van der Waals surface area contributed by atoms with Crippen molar-refractivity contribution in [2.45, 2.75) is 11.4 Å². The normalized spacial score (nSPS) is 11.6. The molecule has 0 saturated heterocycles. The third kappa shape index (κ3) is 2.80. The van der Waals surface area contributed by atoms with Gasteiger partial charge >= 0.3 is 0 Å². The highest BCUT2D eigenvalue weighted by atomic mass is 32.2. The molecule has 0 aliphatic carbocycles. The Morgan fingerprint density at radius 1 is 1.35 bits per heavy atom. The molecule has 1 N–H and O–H groups in total. The van der Waals surface area contributed by atoms with Crippen molar-refractivity contribution in [1.29, 1.82) is 0 Å². The summed E-state index contributed by atoms with van der Waals surface area (Å²) in [6, 6.07) is 6.72. The van der Waals surface area contributed by atoms with E-state index in [4.69, 9.17) is 12.2 Å². The smallest absolute Gasteiger partial charge is 0.195 e. The first-order chi connectivity index (χ1) is 7.97. The molecule has 90 valence electrons. The van der Waals surface area contributed by atoms with E-state index < -0.39 is 9.84 Å². The van der Waals surface area contributed by atoms with Crippen molar-refractivity contribution >= 4 is 22.1 Å². The second-order valence-corrected chi connectivity index (χ2v) is 6.11. The van der Waals surface area contributed by atoms with E-state index in [0.717, 1.165) is 5.56 Å². The van der Waals surface area contributed by atoms with Gasteiger partial charge in [-0.15, -0.1) is 0 Å². The second kappa shape index (κ2) is 4.42. The van der Waals surface area contributed by atoms with Crippen molar-refractivity contribution in [3.05, 3.63) is 40.9 Å². The molecule has 2 rings (SSSR count). The van der Waals surface area contributed by atoms with Gasteiger partial charge in [0.05, 0.1) is 11.4 Å². The van der Waals surface area contributed by atoms with Crippen molar-refractivity contribution in [1.82, 2.24) is 14.8 Å². The van der Waals surface area contributed by atoms with Gasteiger partial charge in [0.1, 0.15) is 6.33 Å². The Morgan fingerprint density at radius 2 is 2.00 bits per heavy atom. The number of aromatic amines is 1. The predicted octanol–water partition coefficient (Wildman–Crippen LogP) is 1.39. The summed E-state index contributed by atoms with van der Waals surface area (Å²) in [5.41, 5.74) is 0.968. The summed E-state index contributed by atoms with van der Waals surface area (Å²) in [5.74, 6) is 0. The van der Waals surface area contributed by atoms with Crippen molar-refractivity contribution in [3.63, 3.8) is 0 Å². The lowest BCUT2D eigenvalue weighted by Gasteiger charge is -2.03. The molecule has 0 amide bonds. The lowest BCUT2D eigenvalue weighted by molar-refractivity contribution is 0.602. The fourth-order valence-electron chi connectivity index (χ4n) is 1.42. The minimum absolute atomic E-state index is 0.317. The number of hydrogen-bond donors (Lipinski definition) is 1. The molecule has 0 radical (unpaired) electrons. The maximum Gasteiger partial charge on any atom is 0.195 e. The van der Waals surface area contributed by atoms with Crippen LogP contribution in [0.15, 0.2) is 35.5 Å². The molecule has 0 aliphatic heterocycles. The van der Waals surface area contributed by atoms with Crippen LogP contribution in [-0.4, -0.2) is 29.4 Å². The van der Waals surface area contributed by atoms with Crippen molar-refractivity contribution in [2.75, 3.05) is 6.26 Å². The quantitative estimate of drug-likeness (QED) is 0.855. The highest BCUT2D eigenvalue weighted by molar-refractivity contribution is 7.90. The van der Waals surface area contributed by atoms with Gasteiger partial charge in [-0.1, -0.05) is 12.1 Å². The Hall–Kier alpha value is -1.47. The Bertz CT molecular complexity index is 668. The molecule has 0 unspecified atom stereocenters. The molecule has 0 atom stereocenters. The number of hydrogen-bond acceptors (Lipinski definition) is 4. The molecule has 1 heterocycles. The summed E-state index contributed by atoms with van der Waals surface area (Å²) < 4.78 is 24.9. The fraction of sp³-hybridized carbons (Fsp3) is 0.200. The van der Waals surface area contributed by atoms with E-state index in [0.29, 0.717) is 16.2 Å². The van der Waals surface area contributed by atoms with E-state index in [9.17, 15) is 8.42 Å². The Kier molecular flexibility index (Phi) is 3.12. The summed E-state index contributed by atoms with van der Waals surface area (Å²) in [7, 11) is -3.14.